The second kappa shape index (κ2) is 8.23. The minimum Gasteiger partial charge on any atom is -0.372 e. The summed E-state index contributed by atoms with van der Waals surface area (Å²) in [6.45, 7) is 3.25. The SMILES string of the molecule is CC(=O)N1CCc2c(C(O)N3CCC(c4ccc(F)cc4C(F)(F)F)CC3)n[nH]c2C1. The minimum atomic E-state index is -4.62. The molecule has 2 N–H and O–H groups in total. The van der Waals surface area contributed by atoms with Crippen LogP contribution >= 0.6 is 0 Å². The molecule has 0 radical (unpaired) electrons. The molecule has 1 aromatic carbocycles. The van der Waals surface area contributed by atoms with Crippen LogP contribution in [0.5, 0.6) is 0 Å². The Labute approximate surface area is 176 Å². The third-order valence-corrected chi connectivity index (χ3v) is 6.29. The van der Waals surface area contributed by atoms with Crippen LogP contribution in [0.15, 0.2) is 18.2 Å². The fourth-order valence-corrected chi connectivity index (χ4v) is 4.58. The molecule has 0 spiro atoms. The Hall–Kier alpha value is -2.46. The summed E-state index contributed by atoms with van der Waals surface area (Å²) in [6.07, 6.45) is -4.18. The molecule has 1 amide bonds. The number of hydrogen-bond acceptors (Lipinski definition) is 4. The maximum Gasteiger partial charge on any atom is 0.416 e. The first-order valence-corrected chi connectivity index (χ1v) is 10.3. The number of piperidine rings is 1. The van der Waals surface area contributed by atoms with Gasteiger partial charge in [-0.3, -0.25) is 14.8 Å². The number of nitrogens with one attached hydrogen (secondary N) is 1. The number of amides is 1. The number of hydrogen-bond donors (Lipinski definition) is 2. The smallest absolute Gasteiger partial charge is 0.372 e. The molecule has 2 aromatic rings. The molecule has 2 aliphatic heterocycles. The number of carbonyl (C=O) groups excluding carboxylic acids is 1. The Balaban J connectivity index is 1.45. The quantitative estimate of drug-likeness (QED) is 0.719. The Morgan fingerprint density at radius 1 is 1.26 bits per heavy atom. The maximum atomic E-state index is 13.4. The van der Waals surface area contributed by atoms with Crippen LogP contribution in [0.1, 0.15) is 60.0 Å². The normalized spacial score (nSPS) is 19.4. The zero-order chi connectivity index (χ0) is 22.3. The number of nitrogens with zero attached hydrogens (tertiary/aromatic N) is 3. The van der Waals surface area contributed by atoms with Crippen molar-refractivity contribution in [2.45, 2.75) is 51.1 Å². The van der Waals surface area contributed by atoms with E-state index in [9.17, 15) is 27.5 Å². The highest BCUT2D eigenvalue weighted by atomic mass is 19.4. The van der Waals surface area contributed by atoms with Crippen LogP contribution in [0, 0.1) is 5.82 Å². The summed E-state index contributed by atoms with van der Waals surface area (Å²) in [5.41, 5.74) is 1.37. The minimum absolute atomic E-state index is 0.0246. The summed E-state index contributed by atoms with van der Waals surface area (Å²) in [5.74, 6) is -1.29. The molecule has 1 unspecified atom stereocenters. The summed E-state index contributed by atoms with van der Waals surface area (Å²) in [4.78, 5) is 15.1. The van der Waals surface area contributed by atoms with Gasteiger partial charge in [-0.05, 0) is 42.9 Å². The molecule has 3 heterocycles. The van der Waals surface area contributed by atoms with E-state index < -0.39 is 23.8 Å². The Bertz CT molecular complexity index is 967. The largest absolute Gasteiger partial charge is 0.416 e. The third-order valence-electron chi connectivity index (χ3n) is 6.29. The Morgan fingerprint density at radius 3 is 2.61 bits per heavy atom. The number of H-pyrrole nitrogens is 1. The molecule has 6 nitrogen and oxygen atoms in total. The molecule has 1 atom stereocenters. The van der Waals surface area contributed by atoms with Gasteiger partial charge in [-0.25, -0.2) is 4.39 Å². The first kappa shape index (κ1) is 21.8. The highest BCUT2D eigenvalue weighted by molar-refractivity contribution is 5.73. The van der Waals surface area contributed by atoms with Gasteiger partial charge in [0.05, 0.1) is 17.8 Å². The lowest BCUT2D eigenvalue weighted by Gasteiger charge is -2.36. The van der Waals surface area contributed by atoms with Gasteiger partial charge in [0.15, 0.2) is 6.23 Å². The van der Waals surface area contributed by atoms with Crippen molar-refractivity contribution < 1.29 is 27.5 Å². The van der Waals surface area contributed by atoms with E-state index in [0.29, 0.717) is 57.2 Å². The van der Waals surface area contributed by atoms with Crippen LogP contribution in [-0.4, -0.2) is 50.6 Å². The molecule has 1 saturated heterocycles. The zero-order valence-corrected chi connectivity index (χ0v) is 17.0. The number of likely N-dealkylation sites (tertiary alicyclic amines) is 1. The number of aromatic amines is 1. The summed E-state index contributed by atoms with van der Waals surface area (Å²) in [7, 11) is 0. The van der Waals surface area contributed by atoms with Gasteiger partial charge in [0.25, 0.3) is 0 Å². The average Bonchev–Trinajstić information content (AvgIpc) is 3.16. The van der Waals surface area contributed by atoms with Crippen LogP contribution < -0.4 is 0 Å². The molecular weight excluding hydrogens is 416 g/mol. The molecule has 0 saturated carbocycles. The van der Waals surface area contributed by atoms with Crippen molar-refractivity contribution in [2.75, 3.05) is 19.6 Å². The standard InChI is InChI=1S/C21H24F4N4O2/c1-12(30)29-9-6-16-18(11-29)26-27-19(16)20(31)28-7-4-13(5-8-28)15-3-2-14(22)10-17(15)21(23,24)25/h2-3,10,13,20,31H,4-9,11H2,1H3,(H,26,27). The monoisotopic (exact) mass is 440 g/mol. The van der Waals surface area contributed by atoms with Crippen molar-refractivity contribution in [1.82, 2.24) is 20.0 Å². The van der Waals surface area contributed by atoms with Gasteiger partial charge in [-0.2, -0.15) is 18.3 Å². The van der Waals surface area contributed by atoms with Crippen LogP contribution in [0.3, 0.4) is 0 Å². The number of fused-ring (bicyclic) bond motifs is 1. The van der Waals surface area contributed by atoms with Crippen LogP contribution in [0.4, 0.5) is 17.6 Å². The van der Waals surface area contributed by atoms with Gasteiger partial charge in [-0.1, -0.05) is 6.07 Å². The van der Waals surface area contributed by atoms with Crippen molar-refractivity contribution in [3.63, 3.8) is 0 Å². The molecule has 1 fully saturated rings. The molecular formula is C21H24F4N4O2. The number of carbonyl (C=O) groups is 1. The van der Waals surface area contributed by atoms with E-state index in [1.54, 1.807) is 9.80 Å². The second-order valence-electron chi connectivity index (χ2n) is 8.17. The van der Waals surface area contributed by atoms with Crippen molar-refractivity contribution in [3.8, 4) is 0 Å². The first-order valence-electron chi connectivity index (χ1n) is 10.3. The third kappa shape index (κ3) is 4.31. The predicted molar refractivity (Wildman–Crippen MR) is 103 cm³/mol. The number of alkyl halides is 3. The van der Waals surface area contributed by atoms with Crippen molar-refractivity contribution in [3.05, 3.63) is 52.1 Å². The summed E-state index contributed by atoms with van der Waals surface area (Å²) < 4.78 is 53.5. The second-order valence-corrected chi connectivity index (χ2v) is 8.17. The molecule has 31 heavy (non-hydrogen) atoms. The van der Waals surface area contributed by atoms with Gasteiger partial charge in [-0.15, -0.1) is 0 Å². The Morgan fingerprint density at radius 2 is 1.97 bits per heavy atom. The lowest BCUT2D eigenvalue weighted by molar-refractivity contribution is -0.138. The van der Waals surface area contributed by atoms with E-state index in [1.807, 2.05) is 0 Å². The highest BCUT2D eigenvalue weighted by Crippen LogP contribution is 2.40. The molecule has 4 rings (SSSR count). The van der Waals surface area contributed by atoms with Gasteiger partial charge >= 0.3 is 6.18 Å². The van der Waals surface area contributed by atoms with Crippen LogP contribution in [0.25, 0.3) is 0 Å². The van der Waals surface area contributed by atoms with Gasteiger partial charge in [0.2, 0.25) is 5.91 Å². The van der Waals surface area contributed by atoms with E-state index in [4.69, 9.17) is 0 Å². The summed E-state index contributed by atoms with van der Waals surface area (Å²) in [5, 5.41) is 18.0. The van der Waals surface area contributed by atoms with Gasteiger partial charge in [0, 0.05) is 32.1 Å². The van der Waals surface area contributed by atoms with E-state index >= 15 is 0 Å². The van der Waals surface area contributed by atoms with E-state index in [2.05, 4.69) is 10.2 Å². The Kier molecular flexibility index (Phi) is 5.78. The first-order chi connectivity index (χ1) is 14.6. The average molecular weight is 440 g/mol. The molecule has 168 valence electrons. The van der Waals surface area contributed by atoms with E-state index in [0.717, 1.165) is 17.3 Å². The zero-order valence-electron chi connectivity index (χ0n) is 17.0. The van der Waals surface area contributed by atoms with Gasteiger partial charge < -0.3 is 10.0 Å². The molecule has 10 heteroatoms. The van der Waals surface area contributed by atoms with E-state index in [1.165, 1.54) is 13.0 Å². The number of benzene rings is 1. The fourth-order valence-electron chi connectivity index (χ4n) is 4.58. The molecule has 2 aliphatic rings. The molecule has 1 aromatic heterocycles. The molecule has 0 aliphatic carbocycles. The lowest BCUT2D eigenvalue weighted by atomic mass is 9.86. The molecule has 0 bridgehead atoms. The fraction of sp³-hybridized carbons (Fsp3) is 0.524. The number of halogens is 4. The van der Waals surface area contributed by atoms with Crippen LogP contribution in [-0.2, 0) is 23.9 Å². The maximum absolute atomic E-state index is 13.4. The summed E-state index contributed by atoms with van der Waals surface area (Å²) in [6, 6.07) is 2.84. The van der Waals surface area contributed by atoms with Crippen molar-refractivity contribution in [2.24, 2.45) is 0 Å². The number of rotatable bonds is 3. The number of aromatic nitrogens is 2. The van der Waals surface area contributed by atoms with Gasteiger partial charge in [0.1, 0.15) is 11.5 Å². The lowest BCUT2D eigenvalue weighted by Crippen LogP contribution is -2.38. The topological polar surface area (TPSA) is 72.5 Å². The highest BCUT2D eigenvalue weighted by Gasteiger charge is 2.37. The van der Waals surface area contributed by atoms with E-state index in [-0.39, 0.29) is 17.4 Å². The number of aliphatic hydroxyl groups excluding tert-OH is 1. The number of aliphatic hydroxyl groups is 1. The van der Waals surface area contributed by atoms with Crippen molar-refractivity contribution in [1.29, 1.82) is 0 Å². The van der Waals surface area contributed by atoms with Crippen LogP contribution in [0.2, 0.25) is 0 Å². The summed E-state index contributed by atoms with van der Waals surface area (Å²) >= 11 is 0. The van der Waals surface area contributed by atoms with Crippen molar-refractivity contribution >= 4 is 5.91 Å². The predicted octanol–water partition coefficient (Wildman–Crippen LogP) is 3.34.